The van der Waals surface area contributed by atoms with Crippen LogP contribution < -0.4 is 0 Å². The van der Waals surface area contributed by atoms with Gasteiger partial charge in [-0.25, -0.2) is 4.98 Å². The molecular weight excluding hydrogens is 378 g/mol. The number of fused-ring (bicyclic) bond motifs is 1. The summed E-state index contributed by atoms with van der Waals surface area (Å²) in [6.45, 7) is 5.14. The Morgan fingerprint density at radius 2 is 1.96 bits per heavy atom. The lowest BCUT2D eigenvalue weighted by Crippen LogP contribution is -2.38. The molecule has 27 heavy (non-hydrogen) atoms. The highest BCUT2D eigenvalue weighted by molar-refractivity contribution is 8.26. The first-order valence-electron chi connectivity index (χ1n) is 9.12. The zero-order chi connectivity index (χ0) is 18.6. The van der Waals surface area contributed by atoms with Gasteiger partial charge in [0.2, 0.25) is 0 Å². The van der Waals surface area contributed by atoms with Gasteiger partial charge < -0.3 is 4.74 Å². The molecule has 140 valence electrons. The summed E-state index contributed by atoms with van der Waals surface area (Å²) >= 11 is 6.79. The van der Waals surface area contributed by atoms with Crippen LogP contribution in [0.15, 0.2) is 41.3 Å². The van der Waals surface area contributed by atoms with Crippen molar-refractivity contribution in [3.63, 3.8) is 0 Å². The molecule has 0 N–H and O–H groups in total. The third kappa shape index (κ3) is 4.38. The van der Waals surface area contributed by atoms with Gasteiger partial charge in [-0.15, -0.1) is 0 Å². The lowest BCUT2D eigenvalue weighted by Gasteiger charge is -2.27. The second kappa shape index (κ2) is 8.48. The number of thiocarbonyl (C=S) groups is 1. The molecular formula is C20H21N3O2S2. The van der Waals surface area contributed by atoms with Gasteiger partial charge >= 0.3 is 0 Å². The highest BCUT2D eigenvalue weighted by Crippen LogP contribution is 2.32. The maximum absolute atomic E-state index is 12.8. The molecule has 3 heterocycles. The first-order chi connectivity index (χ1) is 13.2. The van der Waals surface area contributed by atoms with Crippen LogP contribution >= 0.6 is 24.0 Å². The van der Waals surface area contributed by atoms with Crippen molar-refractivity contribution >= 4 is 51.2 Å². The third-order valence-electron chi connectivity index (χ3n) is 4.73. The highest BCUT2D eigenvalue weighted by atomic mass is 32.2. The quantitative estimate of drug-likeness (QED) is 0.569. The van der Waals surface area contributed by atoms with E-state index in [4.69, 9.17) is 17.0 Å². The van der Waals surface area contributed by atoms with Gasteiger partial charge in [-0.05, 0) is 24.6 Å². The van der Waals surface area contributed by atoms with Crippen molar-refractivity contribution in [2.45, 2.75) is 6.42 Å². The lowest BCUT2D eigenvalue weighted by atomic mass is 10.2. The number of morpholine rings is 1. The number of benzene rings is 1. The Morgan fingerprint density at radius 1 is 1.15 bits per heavy atom. The molecule has 2 aliphatic heterocycles. The van der Waals surface area contributed by atoms with Crippen LogP contribution in [0.3, 0.4) is 0 Å². The van der Waals surface area contributed by atoms with E-state index in [1.165, 1.54) is 11.8 Å². The van der Waals surface area contributed by atoms with E-state index in [9.17, 15) is 4.79 Å². The molecule has 4 rings (SSSR count). The molecule has 5 nitrogen and oxygen atoms in total. The fourth-order valence-electron chi connectivity index (χ4n) is 3.27. The summed E-state index contributed by atoms with van der Waals surface area (Å²) in [6, 6.07) is 11.9. The van der Waals surface area contributed by atoms with Gasteiger partial charge in [0.1, 0.15) is 4.32 Å². The Balaban J connectivity index is 1.41. The molecule has 1 aromatic carbocycles. The van der Waals surface area contributed by atoms with E-state index in [1.807, 2.05) is 42.5 Å². The van der Waals surface area contributed by atoms with Crippen molar-refractivity contribution in [3.05, 3.63) is 47.0 Å². The maximum Gasteiger partial charge on any atom is 0.266 e. The Morgan fingerprint density at radius 3 is 2.81 bits per heavy atom. The largest absolute Gasteiger partial charge is 0.379 e. The molecule has 7 heteroatoms. The number of carbonyl (C=O) groups excluding carboxylic acids is 1. The zero-order valence-electron chi connectivity index (χ0n) is 15.0. The van der Waals surface area contributed by atoms with Crippen molar-refractivity contribution in [1.82, 2.24) is 14.8 Å². The minimum atomic E-state index is -0.0121. The number of pyridine rings is 1. The summed E-state index contributed by atoms with van der Waals surface area (Å²) in [5.41, 5.74) is 1.70. The molecule has 2 aromatic rings. The average Bonchev–Trinajstić information content (AvgIpc) is 2.96. The predicted molar refractivity (Wildman–Crippen MR) is 113 cm³/mol. The van der Waals surface area contributed by atoms with Crippen molar-refractivity contribution in [3.8, 4) is 0 Å². The van der Waals surface area contributed by atoms with E-state index < -0.39 is 0 Å². The van der Waals surface area contributed by atoms with Crippen LogP contribution in [0, 0.1) is 0 Å². The molecule has 0 unspecified atom stereocenters. The van der Waals surface area contributed by atoms with E-state index in [0.29, 0.717) is 15.8 Å². The fourth-order valence-corrected chi connectivity index (χ4v) is 4.56. The van der Waals surface area contributed by atoms with Gasteiger partial charge in [0.25, 0.3) is 5.91 Å². The lowest BCUT2D eigenvalue weighted by molar-refractivity contribution is -0.122. The van der Waals surface area contributed by atoms with Crippen molar-refractivity contribution < 1.29 is 9.53 Å². The van der Waals surface area contributed by atoms with E-state index >= 15 is 0 Å². The van der Waals surface area contributed by atoms with Crippen LogP contribution in [0.5, 0.6) is 0 Å². The molecule has 2 aliphatic rings. The van der Waals surface area contributed by atoms with Gasteiger partial charge in [0, 0.05) is 31.6 Å². The maximum atomic E-state index is 12.8. The number of hydrogen-bond donors (Lipinski definition) is 0. The van der Waals surface area contributed by atoms with Crippen molar-refractivity contribution in [1.29, 1.82) is 0 Å². The molecule has 0 atom stereocenters. The van der Waals surface area contributed by atoms with Crippen LogP contribution in [0.2, 0.25) is 0 Å². The first-order valence-corrected chi connectivity index (χ1v) is 10.3. The molecule has 2 saturated heterocycles. The van der Waals surface area contributed by atoms with Crippen LogP contribution in [-0.2, 0) is 9.53 Å². The van der Waals surface area contributed by atoms with E-state index in [0.717, 1.165) is 55.9 Å². The summed E-state index contributed by atoms with van der Waals surface area (Å²) < 4.78 is 6.00. The number of amides is 1. The predicted octanol–water partition coefficient (Wildman–Crippen LogP) is 3.16. The second-order valence-corrected chi connectivity index (χ2v) is 8.25. The molecule has 2 fully saturated rings. The Labute approximate surface area is 168 Å². The monoisotopic (exact) mass is 399 g/mol. The zero-order valence-corrected chi connectivity index (χ0v) is 16.6. The number of aromatic nitrogens is 1. The second-order valence-electron chi connectivity index (χ2n) is 6.57. The highest BCUT2D eigenvalue weighted by Gasteiger charge is 2.31. The molecule has 0 radical (unpaired) electrons. The standard InChI is InChI=1S/C20H21N3O2S2/c24-19-18(14-16-7-6-15-4-1-2-5-17(15)21-16)27-20(26)23(19)9-3-8-22-10-12-25-13-11-22/h1-2,4-7,14H,3,8-13H2/b18-14-. The van der Waals surface area contributed by atoms with Gasteiger partial charge in [-0.1, -0.05) is 48.2 Å². The van der Waals surface area contributed by atoms with Crippen LogP contribution in [0.4, 0.5) is 0 Å². The number of thioether (sulfide) groups is 1. The van der Waals surface area contributed by atoms with Crippen LogP contribution in [0.25, 0.3) is 17.0 Å². The Bertz CT molecular complexity index is 894. The van der Waals surface area contributed by atoms with Gasteiger partial charge in [-0.2, -0.15) is 0 Å². The SMILES string of the molecule is O=C1/C(=C/c2ccc3ccccc3n2)SC(=S)N1CCCN1CCOCC1. The van der Waals surface area contributed by atoms with Crippen molar-refractivity contribution in [2.24, 2.45) is 0 Å². The number of nitrogens with zero attached hydrogens (tertiary/aromatic N) is 3. The normalized spacial score (nSPS) is 20.1. The first kappa shape index (κ1) is 18.6. The minimum absolute atomic E-state index is 0.0121. The number of carbonyl (C=O) groups is 1. The number of rotatable bonds is 5. The van der Waals surface area contributed by atoms with E-state index in [2.05, 4.69) is 9.88 Å². The summed E-state index contributed by atoms with van der Waals surface area (Å²) in [6.07, 6.45) is 2.75. The molecule has 1 aromatic heterocycles. The molecule has 0 saturated carbocycles. The van der Waals surface area contributed by atoms with Crippen LogP contribution in [0.1, 0.15) is 12.1 Å². The van der Waals surface area contributed by atoms with Crippen LogP contribution in [-0.4, -0.2) is 64.4 Å². The Hall–Kier alpha value is -1.80. The Kier molecular flexibility index (Phi) is 5.83. The fraction of sp³-hybridized carbons (Fsp3) is 0.350. The van der Waals surface area contributed by atoms with Gasteiger partial charge in [0.05, 0.1) is 29.3 Å². The summed E-state index contributed by atoms with van der Waals surface area (Å²) in [7, 11) is 0. The topological polar surface area (TPSA) is 45.7 Å². The molecule has 1 amide bonds. The molecule has 0 aliphatic carbocycles. The summed E-state index contributed by atoms with van der Waals surface area (Å²) in [5, 5.41) is 1.09. The minimum Gasteiger partial charge on any atom is -0.379 e. The van der Waals surface area contributed by atoms with Gasteiger partial charge in [0.15, 0.2) is 0 Å². The summed E-state index contributed by atoms with van der Waals surface area (Å²) in [4.78, 5) is 22.1. The van der Waals surface area contributed by atoms with E-state index in [1.54, 1.807) is 4.90 Å². The molecule has 0 spiro atoms. The number of hydrogen-bond acceptors (Lipinski definition) is 6. The van der Waals surface area contributed by atoms with Crippen molar-refractivity contribution in [2.75, 3.05) is 39.4 Å². The van der Waals surface area contributed by atoms with Gasteiger partial charge in [-0.3, -0.25) is 14.6 Å². The number of ether oxygens (including phenoxy) is 1. The average molecular weight is 400 g/mol. The molecule has 0 bridgehead atoms. The summed E-state index contributed by atoms with van der Waals surface area (Å²) in [5.74, 6) is -0.0121. The number of para-hydroxylation sites is 1. The third-order valence-corrected chi connectivity index (χ3v) is 6.11. The van der Waals surface area contributed by atoms with E-state index in [-0.39, 0.29) is 5.91 Å². The smallest absolute Gasteiger partial charge is 0.266 e.